The molecule has 0 bridgehead atoms. The van der Waals surface area contributed by atoms with Crippen molar-refractivity contribution in [3.8, 4) is 0 Å². The van der Waals surface area contributed by atoms with Crippen LogP contribution in [0, 0.1) is 0 Å². The van der Waals surface area contributed by atoms with Crippen LogP contribution < -0.4 is 10.2 Å². The van der Waals surface area contributed by atoms with Crippen LogP contribution in [0.25, 0.3) is 0 Å². The van der Waals surface area contributed by atoms with E-state index >= 15 is 0 Å². The Hall–Kier alpha value is -1.55. The van der Waals surface area contributed by atoms with E-state index in [4.69, 9.17) is 0 Å². The average Bonchev–Trinajstić information content (AvgIpc) is 2.93. The predicted octanol–water partition coefficient (Wildman–Crippen LogP) is 0.809. The van der Waals surface area contributed by atoms with Crippen LogP contribution in [0.5, 0.6) is 0 Å². The van der Waals surface area contributed by atoms with Crippen LogP contribution in [-0.2, 0) is 0 Å². The van der Waals surface area contributed by atoms with Gasteiger partial charge in [0.1, 0.15) is 5.84 Å². The Balaban J connectivity index is 1.86. The van der Waals surface area contributed by atoms with Crippen molar-refractivity contribution in [2.45, 2.75) is 6.04 Å². The zero-order chi connectivity index (χ0) is 12.4. The molecule has 4 heteroatoms. The third kappa shape index (κ3) is 2.20. The lowest BCUT2D eigenvalue weighted by Crippen LogP contribution is -2.57. The van der Waals surface area contributed by atoms with E-state index in [1.165, 1.54) is 5.69 Å². The minimum Gasteiger partial charge on any atom is -0.370 e. The maximum atomic E-state index is 4.61. The Bertz CT molecular complexity index is 429. The summed E-state index contributed by atoms with van der Waals surface area (Å²) in [6, 6.07) is 11.0. The van der Waals surface area contributed by atoms with Gasteiger partial charge in [-0.15, -0.1) is 0 Å². The SMILES string of the molecule is CN1CCN(c2ccccc2)[C@@H](C2=NCCN2)C1. The molecule has 1 N–H and O–H groups in total. The fourth-order valence-corrected chi connectivity index (χ4v) is 2.72. The van der Waals surface area contributed by atoms with E-state index < -0.39 is 0 Å². The molecule has 2 aliphatic rings. The first-order valence-electron chi connectivity index (χ1n) is 6.63. The third-order valence-electron chi connectivity index (χ3n) is 3.69. The molecule has 0 unspecified atom stereocenters. The van der Waals surface area contributed by atoms with Gasteiger partial charge in [0.2, 0.25) is 0 Å². The lowest BCUT2D eigenvalue weighted by molar-refractivity contribution is 0.292. The van der Waals surface area contributed by atoms with Crippen LogP contribution in [0.1, 0.15) is 0 Å². The van der Waals surface area contributed by atoms with Crippen molar-refractivity contribution in [3.63, 3.8) is 0 Å². The molecule has 1 fully saturated rings. The predicted molar refractivity (Wildman–Crippen MR) is 75.4 cm³/mol. The highest BCUT2D eigenvalue weighted by Crippen LogP contribution is 2.20. The molecule has 96 valence electrons. The van der Waals surface area contributed by atoms with Crippen LogP contribution >= 0.6 is 0 Å². The first-order chi connectivity index (χ1) is 8.84. The molecule has 2 aliphatic heterocycles. The first-order valence-corrected chi connectivity index (χ1v) is 6.63. The minimum absolute atomic E-state index is 0.369. The van der Waals surface area contributed by atoms with E-state index in [0.717, 1.165) is 38.6 Å². The smallest absolute Gasteiger partial charge is 0.121 e. The average molecular weight is 244 g/mol. The molecule has 1 atom stereocenters. The van der Waals surface area contributed by atoms with E-state index in [0.29, 0.717) is 6.04 Å². The van der Waals surface area contributed by atoms with E-state index in [1.54, 1.807) is 0 Å². The van der Waals surface area contributed by atoms with E-state index in [2.05, 4.69) is 57.5 Å². The highest BCUT2D eigenvalue weighted by molar-refractivity contribution is 5.92. The summed E-state index contributed by atoms with van der Waals surface area (Å²) in [5, 5.41) is 3.43. The number of aliphatic imine (C=N–C) groups is 1. The summed E-state index contributed by atoms with van der Waals surface area (Å²) < 4.78 is 0. The second-order valence-electron chi connectivity index (χ2n) is 5.00. The summed E-state index contributed by atoms with van der Waals surface area (Å²) in [6.07, 6.45) is 0. The number of piperazine rings is 1. The van der Waals surface area contributed by atoms with Crippen molar-refractivity contribution in [3.05, 3.63) is 30.3 Å². The van der Waals surface area contributed by atoms with Crippen LogP contribution in [0.15, 0.2) is 35.3 Å². The fourth-order valence-electron chi connectivity index (χ4n) is 2.72. The van der Waals surface area contributed by atoms with Crippen LogP contribution in [0.4, 0.5) is 5.69 Å². The van der Waals surface area contributed by atoms with Crippen molar-refractivity contribution < 1.29 is 0 Å². The summed E-state index contributed by atoms with van der Waals surface area (Å²) in [5.74, 6) is 1.16. The Labute approximate surface area is 108 Å². The number of nitrogens with one attached hydrogen (secondary N) is 1. The molecule has 0 aromatic heterocycles. The fraction of sp³-hybridized carbons (Fsp3) is 0.500. The summed E-state index contributed by atoms with van der Waals surface area (Å²) in [7, 11) is 2.19. The Kier molecular flexibility index (Phi) is 3.19. The van der Waals surface area contributed by atoms with Crippen LogP contribution in [0.3, 0.4) is 0 Å². The first kappa shape index (κ1) is 11.5. The summed E-state index contributed by atoms with van der Waals surface area (Å²) >= 11 is 0. The number of amidine groups is 1. The Morgan fingerprint density at radius 3 is 2.78 bits per heavy atom. The highest BCUT2D eigenvalue weighted by atomic mass is 15.3. The van der Waals surface area contributed by atoms with Gasteiger partial charge in [-0.3, -0.25) is 4.99 Å². The molecule has 18 heavy (non-hydrogen) atoms. The van der Waals surface area contributed by atoms with E-state index in [-0.39, 0.29) is 0 Å². The number of hydrogen-bond acceptors (Lipinski definition) is 4. The van der Waals surface area contributed by atoms with Crippen molar-refractivity contribution in [1.29, 1.82) is 0 Å². The number of anilines is 1. The quantitative estimate of drug-likeness (QED) is 0.835. The lowest BCUT2D eigenvalue weighted by atomic mass is 10.1. The maximum Gasteiger partial charge on any atom is 0.121 e. The van der Waals surface area contributed by atoms with Gasteiger partial charge in [0.25, 0.3) is 0 Å². The normalized spacial score (nSPS) is 24.8. The number of para-hydroxylation sites is 1. The molecule has 0 amide bonds. The van der Waals surface area contributed by atoms with Crippen LogP contribution in [-0.4, -0.2) is 56.5 Å². The van der Waals surface area contributed by atoms with Gasteiger partial charge >= 0.3 is 0 Å². The van der Waals surface area contributed by atoms with Gasteiger partial charge in [-0.1, -0.05) is 18.2 Å². The van der Waals surface area contributed by atoms with Gasteiger partial charge in [0.05, 0.1) is 12.6 Å². The number of benzene rings is 1. The molecule has 1 saturated heterocycles. The number of hydrogen-bond donors (Lipinski definition) is 1. The summed E-state index contributed by atoms with van der Waals surface area (Å²) in [4.78, 5) is 9.46. The molecule has 4 nitrogen and oxygen atoms in total. The van der Waals surface area contributed by atoms with Crippen molar-refractivity contribution in [2.75, 3.05) is 44.7 Å². The van der Waals surface area contributed by atoms with Crippen molar-refractivity contribution >= 4 is 11.5 Å². The second-order valence-corrected chi connectivity index (χ2v) is 5.00. The van der Waals surface area contributed by atoms with Gasteiger partial charge in [0.15, 0.2) is 0 Å². The molecule has 3 rings (SSSR count). The van der Waals surface area contributed by atoms with Crippen molar-refractivity contribution in [2.24, 2.45) is 4.99 Å². The molecule has 0 radical (unpaired) electrons. The van der Waals surface area contributed by atoms with E-state index in [1.807, 2.05) is 0 Å². The van der Waals surface area contributed by atoms with Gasteiger partial charge in [0, 0.05) is 31.9 Å². The Morgan fingerprint density at radius 2 is 2.06 bits per heavy atom. The topological polar surface area (TPSA) is 30.9 Å². The number of likely N-dealkylation sites (N-methyl/N-ethyl adjacent to an activating group) is 1. The molecule has 0 saturated carbocycles. The molecule has 1 aromatic carbocycles. The van der Waals surface area contributed by atoms with Gasteiger partial charge in [-0.25, -0.2) is 0 Å². The van der Waals surface area contributed by atoms with Crippen molar-refractivity contribution in [1.82, 2.24) is 10.2 Å². The summed E-state index contributed by atoms with van der Waals surface area (Å²) in [6.45, 7) is 5.11. The molecule has 0 spiro atoms. The summed E-state index contributed by atoms with van der Waals surface area (Å²) in [5.41, 5.74) is 1.30. The maximum absolute atomic E-state index is 4.61. The third-order valence-corrected chi connectivity index (χ3v) is 3.69. The monoisotopic (exact) mass is 244 g/mol. The zero-order valence-corrected chi connectivity index (χ0v) is 10.8. The standard InChI is InChI=1S/C14H20N4/c1-17-9-10-18(12-5-3-2-4-6-12)13(11-17)14-15-7-8-16-14/h2-6,13H,7-11H2,1H3,(H,15,16)/t13-/m1/s1. The zero-order valence-electron chi connectivity index (χ0n) is 10.8. The van der Waals surface area contributed by atoms with Gasteiger partial charge < -0.3 is 15.1 Å². The molecule has 2 heterocycles. The second kappa shape index (κ2) is 4.98. The number of nitrogens with zero attached hydrogens (tertiary/aromatic N) is 3. The number of rotatable bonds is 2. The van der Waals surface area contributed by atoms with Crippen LogP contribution in [0.2, 0.25) is 0 Å². The molecular weight excluding hydrogens is 224 g/mol. The van der Waals surface area contributed by atoms with Gasteiger partial charge in [-0.05, 0) is 19.2 Å². The Morgan fingerprint density at radius 1 is 1.22 bits per heavy atom. The van der Waals surface area contributed by atoms with Gasteiger partial charge in [-0.2, -0.15) is 0 Å². The molecule has 1 aromatic rings. The minimum atomic E-state index is 0.369. The molecular formula is C14H20N4. The largest absolute Gasteiger partial charge is 0.370 e. The lowest BCUT2D eigenvalue weighted by Gasteiger charge is -2.41. The molecule has 0 aliphatic carbocycles. The highest BCUT2D eigenvalue weighted by Gasteiger charge is 2.30. The van der Waals surface area contributed by atoms with E-state index in [9.17, 15) is 0 Å².